The monoisotopic (exact) mass is 284 g/mol. The number of aliphatic imine (C=N–C) groups is 1. The first kappa shape index (κ1) is 11.3. The maximum atomic E-state index is 11.9. The first-order valence-corrected chi connectivity index (χ1v) is 5.84. The Balaban J connectivity index is 2.75. The molecule has 2 heterocycles. The van der Waals surface area contributed by atoms with E-state index >= 15 is 0 Å². The number of anilines is 1. The normalized spacial score (nSPS) is 18.8. The number of nitrogens with zero attached hydrogens (tertiary/aromatic N) is 2. The van der Waals surface area contributed by atoms with Crippen molar-refractivity contribution in [3.63, 3.8) is 0 Å². The van der Waals surface area contributed by atoms with Gasteiger partial charge in [0.15, 0.2) is 6.29 Å². The van der Waals surface area contributed by atoms with Gasteiger partial charge in [-0.1, -0.05) is 0 Å². The number of pyridine rings is 1. The van der Waals surface area contributed by atoms with Crippen molar-refractivity contribution in [1.29, 1.82) is 0 Å². The molecule has 1 aromatic rings. The Kier molecular flexibility index (Phi) is 2.86. The van der Waals surface area contributed by atoms with Crippen LogP contribution in [0.15, 0.2) is 20.3 Å². The summed E-state index contributed by atoms with van der Waals surface area (Å²) in [6.45, 7) is 4.40. The zero-order valence-corrected chi connectivity index (χ0v) is 10.7. The van der Waals surface area contributed by atoms with Crippen LogP contribution in [0.3, 0.4) is 0 Å². The van der Waals surface area contributed by atoms with Gasteiger partial charge in [-0.2, -0.15) is 0 Å². The Bertz CT molecular complexity index is 520. The Morgan fingerprint density at radius 1 is 1.69 bits per heavy atom. The van der Waals surface area contributed by atoms with Crippen LogP contribution in [0.2, 0.25) is 0 Å². The summed E-state index contributed by atoms with van der Waals surface area (Å²) in [6.07, 6.45) is -0.481. The Morgan fingerprint density at radius 2 is 2.38 bits per heavy atom. The molecule has 0 saturated heterocycles. The molecule has 0 fully saturated rings. The molecule has 5 nitrogen and oxygen atoms in total. The Labute approximate surface area is 101 Å². The van der Waals surface area contributed by atoms with Crippen LogP contribution in [-0.4, -0.2) is 16.6 Å². The number of aromatic nitrogens is 1. The van der Waals surface area contributed by atoms with Gasteiger partial charge in [-0.3, -0.25) is 20.1 Å². The van der Waals surface area contributed by atoms with Gasteiger partial charge in [0, 0.05) is 17.8 Å². The molecule has 0 spiro atoms. The number of fused-ring (bicyclic) bond motifs is 1. The lowest BCUT2D eigenvalue weighted by atomic mass is 10.1. The molecule has 6 heteroatoms. The summed E-state index contributed by atoms with van der Waals surface area (Å²) >= 11 is 3.26. The molecule has 0 saturated carbocycles. The third-order valence-electron chi connectivity index (χ3n) is 2.57. The van der Waals surface area contributed by atoms with Crippen molar-refractivity contribution < 1.29 is 0 Å². The van der Waals surface area contributed by atoms with Gasteiger partial charge in [-0.05, 0) is 35.8 Å². The third kappa shape index (κ3) is 1.68. The summed E-state index contributed by atoms with van der Waals surface area (Å²) < 4.78 is 2.19. The van der Waals surface area contributed by atoms with Crippen LogP contribution in [0.5, 0.6) is 0 Å². The van der Waals surface area contributed by atoms with Crippen molar-refractivity contribution in [3.8, 4) is 0 Å². The average Bonchev–Trinajstić information content (AvgIpc) is 2.22. The SMILES string of the molecule is CCn1c2c(cc(Br)c1=O)C(C)=NC(N)N2. The fourth-order valence-electron chi connectivity index (χ4n) is 1.82. The quantitative estimate of drug-likeness (QED) is 0.811. The predicted molar refractivity (Wildman–Crippen MR) is 67.9 cm³/mol. The Morgan fingerprint density at radius 3 is 3.00 bits per heavy atom. The van der Waals surface area contributed by atoms with Crippen molar-refractivity contribution in [3.05, 3.63) is 26.5 Å². The fraction of sp³-hybridized carbons (Fsp3) is 0.400. The summed E-state index contributed by atoms with van der Waals surface area (Å²) in [4.78, 5) is 16.1. The number of nitrogens with two attached hydrogens (primary N) is 1. The van der Waals surface area contributed by atoms with E-state index in [1.165, 1.54) is 0 Å². The van der Waals surface area contributed by atoms with Gasteiger partial charge in [0.1, 0.15) is 5.82 Å². The second-order valence-corrected chi connectivity index (χ2v) is 4.46. The minimum absolute atomic E-state index is 0.0596. The lowest BCUT2D eigenvalue weighted by Gasteiger charge is -2.24. The van der Waals surface area contributed by atoms with Gasteiger partial charge < -0.3 is 5.32 Å². The molecule has 0 radical (unpaired) electrons. The lowest BCUT2D eigenvalue weighted by Crippen LogP contribution is -2.37. The maximum absolute atomic E-state index is 11.9. The zero-order chi connectivity index (χ0) is 11.9. The number of nitrogens with one attached hydrogen (secondary N) is 1. The first-order chi connectivity index (χ1) is 7.54. The molecule has 16 heavy (non-hydrogen) atoms. The van der Waals surface area contributed by atoms with E-state index in [0.29, 0.717) is 11.0 Å². The second-order valence-electron chi connectivity index (χ2n) is 3.61. The van der Waals surface area contributed by atoms with Gasteiger partial charge in [0.25, 0.3) is 5.56 Å². The smallest absolute Gasteiger partial charge is 0.266 e. The molecule has 1 aliphatic heterocycles. The van der Waals surface area contributed by atoms with E-state index < -0.39 is 6.29 Å². The van der Waals surface area contributed by atoms with Gasteiger partial charge in [0.2, 0.25) is 0 Å². The van der Waals surface area contributed by atoms with E-state index in [4.69, 9.17) is 5.73 Å². The highest BCUT2D eigenvalue weighted by molar-refractivity contribution is 9.10. The van der Waals surface area contributed by atoms with Crippen LogP contribution < -0.4 is 16.6 Å². The van der Waals surface area contributed by atoms with Crippen molar-refractivity contribution in [2.75, 3.05) is 5.32 Å². The van der Waals surface area contributed by atoms with Crippen LogP contribution in [0.1, 0.15) is 19.4 Å². The largest absolute Gasteiger partial charge is 0.337 e. The van der Waals surface area contributed by atoms with Crippen LogP contribution >= 0.6 is 15.9 Å². The highest BCUT2D eigenvalue weighted by Crippen LogP contribution is 2.22. The summed E-state index contributed by atoms with van der Waals surface area (Å²) in [5, 5.41) is 3.01. The lowest BCUT2D eigenvalue weighted by molar-refractivity contribution is 0.695. The molecule has 2 rings (SSSR count). The molecule has 86 valence electrons. The maximum Gasteiger partial charge on any atom is 0.266 e. The number of hydrogen-bond acceptors (Lipinski definition) is 4. The van der Waals surface area contributed by atoms with E-state index in [1.807, 2.05) is 13.8 Å². The first-order valence-electron chi connectivity index (χ1n) is 5.04. The van der Waals surface area contributed by atoms with Crippen molar-refractivity contribution in [1.82, 2.24) is 4.57 Å². The Hall–Kier alpha value is -1.14. The molecular formula is C10H13BrN4O. The van der Waals surface area contributed by atoms with E-state index in [9.17, 15) is 4.79 Å². The van der Waals surface area contributed by atoms with Crippen molar-refractivity contribution >= 4 is 27.5 Å². The summed E-state index contributed by atoms with van der Waals surface area (Å²) in [5.41, 5.74) is 7.42. The average molecular weight is 285 g/mol. The summed E-state index contributed by atoms with van der Waals surface area (Å²) in [5.74, 6) is 0.746. The van der Waals surface area contributed by atoms with Gasteiger partial charge >= 0.3 is 0 Å². The number of halogens is 1. The molecule has 1 aromatic heterocycles. The van der Waals surface area contributed by atoms with Gasteiger partial charge in [-0.25, -0.2) is 0 Å². The van der Waals surface area contributed by atoms with Crippen LogP contribution in [-0.2, 0) is 6.54 Å². The van der Waals surface area contributed by atoms with Crippen LogP contribution in [0.25, 0.3) is 0 Å². The highest BCUT2D eigenvalue weighted by atomic mass is 79.9. The fourth-order valence-corrected chi connectivity index (χ4v) is 2.26. The van der Waals surface area contributed by atoms with Crippen molar-refractivity contribution in [2.24, 2.45) is 10.7 Å². The third-order valence-corrected chi connectivity index (χ3v) is 3.14. The molecule has 0 amide bonds. The molecule has 1 aliphatic rings. The summed E-state index contributed by atoms with van der Waals surface area (Å²) in [6, 6.07) is 1.78. The predicted octanol–water partition coefficient (Wildman–Crippen LogP) is 1.11. The molecular weight excluding hydrogens is 272 g/mol. The van der Waals surface area contributed by atoms with Crippen LogP contribution in [0.4, 0.5) is 5.82 Å². The molecule has 0 aliphatic carbocycles. The van der Waals surface area contributed by atoms with Crippen molar-refractivity contribution in [2.45, 2.75) is 26.7 Å². The molecule has 0 aromatic carbocycles. The highest BCUT2D eigenvalue weighted by Gasteiger charge is 2.20. The minimum Gasteiger partial charge on any atom is -0.337 e. The second kappa shape index (κ2) is 4.03. The van der Waals surface area contributed by atoms with E-state index in [-0.39, 0.29) is 5.56 Å². The minimum atomic E-state index is -0.481. The standard InChI is InChI=1S/C10H13BrN4O/c1-3-15-8-6(4-7(11)9(15)16)5(2)13-10(12)14-8/h4,10,14H,3,12H2,1-2H3. The molecule has 1 atom stereocenters. The number of rotatable bonds is 1. The molecule has 0 bridgehead atoms. The van der Waals surface area contributed by atoms with Gasteiger partial charge in [-0.15, -0.1) is 0 Å². The van der Waals surface area contributed by atoms with Gasteiger partial charge in [0.05, 0.1) is 4.47 Å². The molecule has 1 unspecified atom stereocenters. The summed E-state index contributed by atoms with van der Waals surface area (Å²) in [7, 11) is 0. The molecule has 3 N–H and O–H groups in total. The van der Waals surface area contributed by atoms with E-state index in [0.717, 1.165) is 17.1 Å². The van der Waals surface area contributed by atoms with E-state index in [1.54, 1.807) is 10.6 Å². The zero-order valence-electron chi connectivity index (χ0n) is 9.12. The number of hydrogen-bond donors (Lipinski definition) is 2. The van der Waals surface area contributed by atoms with E-state index in [2.05, 4.69) is 26.2 Å². The van der Waals surface area contributed by atoms with Crippen LogP contribution in [0, 0.1) is 0 Å². The topological polar surface area (TPSA) is 72.4 Å².